The van der Waals surface area contributed by atoms with E-state index in [0.29, 0.717) is 0 Å². The summed E-state index contributed by atoms with van der Waals surface area (Å²) in [4.78, 5) is 24.4. The summed E-state index contributed by atoms with van der Waals surface area (Å²) in [6.45, 7) is -1.26. The fourth-order valence-corrected chi connectivity index (χ4v) is 4.11. The number of hydrogen-bond donors (Lipinski definition) is 6. The zero-order valence-electron chi connectivity index (χ0n) is 15.7. The van der Waals surface area contributed by atoms with Gasteiger partial charge in [-0.25, -0.2) is 9.59 Å². The highest BCUT2D eigenvalue weighted by Crippen LogP contribution is 2.43. The average molecular weight is 436 g/mol. The molecule has 0 spiro atoms. The molecule has 4 aliphatic heterocycles. The number of carbonyl (C=O) groups is 2. The van der Waals surface area contributed by atoms with E-state index in [1.807, 2.05) is 0 Å². The van der Waals surface area contributed by atoms with Gasteiger partial charge in [-0.3, -0.25) is 0 Å². The van der Waals surface area contributed by atoms with Crippen LogP contribution >= 0.6 is 0 Å². The van der Waals surface area contributed by atoms with Crippen molar-refractivity contribution >= 4 is 11.9 Å². The zero-order valence-corrected chi connectivity index (χ0v) is 15.7. The third kappa shape index (κ3) is 3.03. The summed E-state index contributed by atoms with van der Waals surface area (Å²) in [5.74, 6) is -5.14. The first-order valence-electron chi connectivity index (χ1n) is 9.36. The molecule has 14 nitrogen and oxygen atoms in total. The van der Waals surface area contributed by atoms with Crippen molar-refractivity contribution in [1.82, 2.24) is 0 Å². The van der Waals surface area contributed by atoms with Gasteiger partial charge in [0.05, 0.1) is 13.1 Å². The summed E-state index contributed by atoms with van der Waals surface area (Å²) < 4.78 is 31.3. The number of aliphatic hydroxyl groups is 4. The van der Waals surface area contributed by atoms with Crippen LogP contribution in [0.3, 0.4) is 0 Å². The fourth-order valence-electron chi connectivity index (χ4n) is 4.11. The molecular formula is C16H24N2O12. The van der Waals surface area contributed by atoms with Gasteiger partial charge in [-0.15, -0.1) is 0 Å². The van der Waals surface area contributed by atoms with Crippen LogP contribution in [0.5, 0.6) is 0 Å². The fraction of sp³-hybridized carbons (Fsp3) is 0.875. The quantitative estimate of drug-likeness (QED) is 0.162. The lowest BCUT2D eigenvalue weighted by Crippen LogP contribution is -2.57. The molecule has 30 heavy (non-hydrogen) atoms. The molecule has 14 heteroatoms. The number of hydrogen-bond acceptors (Lipinski definition) is 14. The van der Waals surface area contributed by atoms with Gasteiger partial charge in [0, 0.05) is 0 Å². The van der Waals surface area contributed by atoms with Crippen LogP contribution in [-0.2, 0) is 38.0 Å². The minimum atomic E-state index is -1.68. The molecule has 4 fully saturated rings. The van der Waals surface area contributed by atoms with E-state index in [1.165, 1.54) is 0 Å². The Morgan fingerprint density at radius 2 is 1.10 bits per heavy atom. The Morgan fingerprint density at radius 1 is 0.733 bits per heavy atom. The molecule has 0 unspecified atom stereocenters. The number of aliphatic hydroxyl groups excluding tert-OH is 4. The van der Waals surface area contributed by atoms with Gasteiger partial charge in [-0.05, 0) is 0 Å². The van der Waals surface area contributed by atoms with Gasteiger partial charge in [-0.1, -0.05) is 0 Å². The first-order valence-corrected chi connectivity index (χ1v) is 9.36. The van der Waals surface area contributed by atoms with E-state index in [1.54, 1.807) is 0 Å². The second-order valence-corrected chi connectivity index (χ2v) is 7.48. The summed E-state index contributed by atoms with van der Waals surface area (Å²) in [5.41, 5.74) is 11.0. The van der Waals surface area contributed by atoms with Crippen molar-refractivity contribution in [3.63, 3.8) is 0 Å². The molecule has 0 aliphatic carbocycles. The Labute approximate surface area is 169 Å². The highest BCUT2D eigenvalue weighted by Gasteiger charge is 2.67. The van der Waals surface area contributed by atoms with Crippen LogP contribution in [0.4, 0.5) is 0 Å². The van der Waals surface area contributed by atoms with Crippen LogP contribution in [0.25, 0.3) is 0 Å². The molecular weight excluding hydrogens is 412 g/mol. The van der Waals surface area contributed by atoms with Gasteiger partial charge in [0.2, 0.25) is 11.6 Å². The van der Waals surface area contributed by atoms with E-state index in [2.05, 4.69) is 0 Å². The summed E-state index contributed by atoms with van der Waals surface area (Å²) in [7, 11) is 0. The lowest BCUT2D eigenvalue weighted by molar-refractivity contribution is -0.221. The molecule has 4 bridgehead atoms. The third-order valence-corrected chi connectivity index (χ3v) is 5.75. The van der Waals surface area contributed by atoms with Gasteiger partial charge in [0.15, 0.2) is 12.2 Å². The normalized spacial score (nSPS) is 48.9. The van der Waals surface area contributed by atoms with E-state index in [9.17, 15) is 30.0 Å². The molecule has 4 aliphatic rings. The molecule has 8 N–H and O–H groups in total. The molecule has 0 aromatic carbocycles. The highest BCUT2D eigenvalue weighted by molar-refractivity contribution is 5.77. The second kappa shape index (κ2) is 7.59. The van der Waals surface area contributed by atoms with Crippen LogP contribution in [0.2, 0.25) is 0 Å². The molecule has 0 amide bonds. The molecule has 4 rings (SSSR count). The third-order valence-electron chi connectivity index (χ3n) is 5.75. The maximum atomic E-state index is 12.2. The van der Waals surface area contributed by atoms with Crippen molar-refractivity contribution in [3.05, 3.63) is 0 Å². The summed E-state index contributed by atoms with van der Waals surface area (Å²) in [5, 5.41) is 39.6. The molecule has 170 valence electrons. The van der Waals surface area contributed by atoms with Crippen molar-refractivity contribution in [2.45, 2.75) is 60.4 Å². The number of fused-ring (bicyclic) bond motifs is 4. The Bertz CT molecular complexity index is 652. The van der Waals surface area contributed by atoms with Crippen molar-refractivity contribution in [1.29, 1.82) is 0 Å². The molecule has 0 aromatic rings. The lowest BCUT2D eigenvalue weighted by Gasteiger charge is -2.32. The standard InChI is InChI=1S/C16H24N2O12/c17-3-15-11(21)5(19)7(27-15)9(29-15)13(23)25-1-2-26-14(24)10-8-6(20)12(22)16(4-18,28-8)30-10/h5-12,19-22H,1-4,17-18H2/t5-,6-,7+,8+,9-,10-,11+,12+,15+,16+/m0/s1. The first-order chi connectivity index (χ1) is 14.2. The maximum Gasteiger partial charge on any atom is 0.338 e. The molecule has 10 atom stereocenters. The Balaban J connectivity index is 1.24. The van der Waals surface area contributed by atoms with E-state index in [4.69, 9.17) is 39.9 Å². The van der Waals surface area contributed by atoms with E-state index < -0.39 is 72.3 Å². The minimum absolute atomic E-state index is 0.279. The van der Waals surface area contributed by atoms with Gasteiger partial charge >= 0.3 is 11.9 Å². The number of ether oxygens (including phenoxy) is 6. The molecule has 4 saturated heterocycles. The number of rotatable bonds is 7. The summed E-state index contributed by atoms with van der Waals surface area (Å²) in [6.07, 6.45) is -10.4. The highest BCUT2D eigenvalue weighted by atomic mass is 16.8. The van der Waals surface area contributed by atoms with Crippen LogP contribution < -0.4 is 11.5 Å². The molecule has 0 aromatic heterocycles. The van der Waals surface area contributed by atoms with Gasteiger partial charge in [-0.2, -0.15) is 0 Å². The Hall–Kier alpha value is -1.46. The van der Waals surface area contributed by atoms with Crippen molar-refractivity contribution in [2.75, 3.05) is 26.3 Å². The van der Waals surface area contributed by atoms with Crippen molar-refractivity contribution in [3.8, 4) is 0 Å². The van der Waals surface area contributed by atoms with Crippen LogP contribution in [0.1, 0.15) is 0 Å². The predicted molar refractivity (Wildman–Crippen MR) is 89.0 cm³/mol. The largest absolute Gasteiger partial charge is 0.460 e. The summed E-state index contributed by atoms with van der Waals surface area (Å²) in [6, 6.07) is 0. The number of nitrogens with two attached hydrogens (primary N) is 2. The van der Waals surface area contributed by atoms with Crippen molar-refractivity contribution in [2.24, 2.45) is 11.5 Å². The van der Waals surface area contributed by atoms with Gasteiger partial charge in [0.1, 0.15) is 49.8 Å². The Kier molecular flexibility index (Phi) is 5.51. The van der Waals surface area contributed by atoms with E-state index >= 15 is 0 Å². The van der Waals surface area contributed by atoms with E-state index in [-0.39, 0.29) is 26.3 Å². The topological polar surface area (TPSA) is 222 Å². The maximum absolute atomic E-state index is 12.2. The van der Waals surface area contributed by atoms with Crippen LogP contribution in [0, 0.1) is 0 Å². The second-order valence-electron chi connectivity index (χ2n) is 7.48. The number of esters is 2. The average Bonchev–Trinajstić information content (AvgIpc) is 3.45. The Morgan fingerprint density at radius 3 is 1.40 bits per heavy atom. The predicted octanol–water partition coefficient (Wildman–Crippen LogP) is -5.58. The zero-order chi connectivity index (χ0) is 21.8. The van der Waals surface area contributed by atoms with Gasteiger partial charge < -0.3 is 60.3 Å². The monoisotopic (exact) mass is 436 g/mol. The molecule has 4 heterocycles. The van der Waals surface area contributed by atoms with Crippen molar-refractivity contribution < 1.29 is 58.4 Å². The van der Waals surface area contributed by atoms with Crippen LogP contribution in [0.15, 0.2) is 0 Å². The SMILES string of the molecule is NC[C@]12O[C@H]([C@H](O)[C@H]1O)[C@@H](C(=O)OCCOC(=O)[C@H]1O[C@@]3(CN)O[C@@H]1[C@H](O)[C@H]3O)O2. The minimum Gasteiger partial charge on any atom is -0.460 e. The molecule has 0 radical (unpaired) electrons. The van der Waals surface area contributed by atoms with Gasteiger partial charge in [0.25, 0.3) is 0 Å². The smallest absolute Gasteiger partial charge is 0.338 e. The molecule has 0 saturated carbocycles. The first kappa shape index (κ1) is 21.8. The van der Waals surface area contributed by atoms with Crippen LogP contribution in [-0.4, -0.2) is 119 Å². The number of carbonyl (C=O) groups excluding carboxylic acids is 2. The lowest BCUT2D eigenvalue weighted by atomic mass is 9.98. The van der Waals surface area contributed by atoms with E-state index in [0.717, 1.165) is 0 Å². The summed E-state index contributed by atoms with van der Waals surface area (Å²) >= 11 is 0.